The molecule has 9 heteroatoms. The Morgan fingerprint density at radius 1 is 1.32 bits per heavy atom. The SMILES string of the molecule is O=S(=O)(CCC(F)(F)F)N1CC[C@@H](Oc2cccc(F)c2)C1. The van der Waals surface area contributed by atoms with Crippen LogP contribution in [-0.4, -0.2) is 43.8 Å². The first-order valence-corrected chi connectivity index (χ1v) is 8.23. The predicted molar refractivity (Wildman–Crippen MR) is 71.5 cm³/mol. The minimum atomic E-state index is -4.51. The van der Waals surface area contributed by atoms with E-state index in [-0.39, 0.29) is 18.8 Å². The molecule has 0 aromatic heterocycles. The van der Waals surface area contributed by atoms with Crippen molar-refractivity contribution in [2.75, 3.05) is 18.8 Å². The highest BCUT2D eigenvalue weighted by Gasteiger charge is 2.36. The molecule has 0 spiro atoms. The van der Waals surface area contributed by atoms with Crippen LogP contribution in [0.5, 0.6) is 5.75 Å². The van der Waals surface area contributed by atoms with Gasteiger partial charge >= 0.3 is 6.18 Å². The van der Waals surface area contributed by atoms with Crippen LogP contribution in [0.4, 0.5) is 17.6 Å². The van der Waals surface area contributed by atoms with Gasteiger partial charge in [-0.15, -0.1) is 0 Å². The molecular weight excluding hydrogens is 326 g/mol. The molecular formula is C13H15F4NO3S. The molecule has 0 aliphatic carbocycles. The molecule has 0 saturated carbocycles. The first-order valence-electron chi connectivity index (χ1n) is 6.62. The molecule has 1 aliphatic heterocycles. The number of hydrogen-bond donors (Lipinski definition) is 0. The fraction of sp³-hybridized carbons (Fsp3) is 0.538. The first-order chi connectivity index (χ1) is 10.2. The lowest BCUT2D eigenvalue weighted by Gasteiger charge is -2.17. The number of alkyl halides is 3. The quantitative estimate of drug-likeness (QED) is 0.774. The average Bonchev–Trinajstić information content (AvgIpc) is 2.85. The van der Waals surface area contributed by atoms with Crippen molar-refractivity contribution in [1.82, 2.24) is 4.31 Å². The highest BCUT2D eigenvalue weighted by atomic mass is 32.2. The summed E-state index contributed by atoms with van der Waals surface area (Å²) in [5.41, 5.74) is 0. The number of sulfonamides is 1. The van der Waals surface area contributed by atoms with Gasteiger partial charge in [0.2, 0.25) is 10.0 Å². The fourth-order valence-corrected chi connectivity index (χ4v) is 3.68. The van der Waals surface area contributed by atoms with Crippen molar-refractivity contribution in [3.63, 3.8) is 0 Å². The molecule has 0 bridgehead atoms. The fourth-order valence-electron chi connectivity index (χ4n) is 2.15. The van der Waals surface area contributed by atoms with Crippen molar-refractivity contribution in [2.24, 2.45) is 0 Å². The predicted octanol–water partition coefficient (Wildman–Crippen LogP) is 2.56. The van der Waals surface area contributed by atoms with E-state index in [1.54, 1.807) is 0 Å². The lowest BCUT2D eigenvalue weighted by atomic mass is 10.3. The normalized spacial score (nSPS) is 20.3. The Kier molecular flexibility index (Phi) is 4.96. The third-order valence-electron chi connectivity index (χ3n) is 3.24. The van der Waals surface area contributed by atoms with Gasteiger partial charge in [0.1, 0.15) is 17.7 Å². The zero-order chi connectivity index (χ0) is 16.4. The third kappa shape index (κ3) is 4.84. The van der Waals surface area contributed by atoms with Crippen molar-refractivity contribution in [2.45, 2.75) is 25.1 Å². The van der Waals surface area contributed by atoms with Crippen LogP contribution in [0.15, 0.2) is 24.3 Å². The van der Waals surface area contributed by atoms with E-state index in [0.717, 1.165) is 4.31 Å². The maximum absolute atomic E-state index is 13.0. The van der Waals surface area contributed by atoms with E-state index in [1.807, 2.05) is 0 Å². The van der Waals surface area contributed by atoms with Crippen molar-refractivity contribution in [3.05, 3.63) is 30.1 Å². The van der Waals surface area contributed by atoms with Crippen LogP contribution in [0.3, 0.4) is 0 Å². The van der Waals surface area contributed by atoms with E-state index in [0.29, 0.717) is 6.42 Å². The molecule has 1 aromatic rings. The van der Waals surface area contributed by atoms with E-state index in [2.05, 4.69) is 0 Å². The standard InChI is InChI=1S/C13H15F4NO3S/c14-10-2-1-3-11(8-10)21-12-4-6-18(9-12)22(19,20)7-5-13(15,16)17/h1-3,8,12H,4-7,9H2/t12-/m1/s1. The maximum Gasteiger partial charge on any atom is 0.390 e. The van der Waals surface area contributed by atoms with Gasteiger partial charge in [0.05, 0.1) is 18.7 Å². The lowest BCUT2D eigenvalue weighted by Crippen LogP contribution is -2.34. The van der Waals surface area contributed by atoms with Crippen LogP contribution in [0.1, 0.15) is 12.8 Å². The minimum absolute atomic E-state index is 0.0310. The van der Waals surface area contributed by atoms with Crippen molar-refractivity contribution in [1.29, 1.82) is 0 Å². The zero-order valence-electron chi connectivity index (χ0n) is 11.5. The highest BCUT2D eigenvalue weighted by Crippen LogP contribution is 2.24. The number of halogens is 4. The van der Waals surface area contributed by atoms with Gasteiger partial charge < -0.3 is 4.74 Å². The van der Waals surface area contributed by atoms with Gasteiger partial charge in [0.15, 0.2) is 0 Å². The molecule has 2 rings (SSSR count). The van der Waals surface area contributed by atoms with E-state index in [4.69, 9.17) is 4.74 Å². The Morgan fingerprint density at radius 2 is 2.05 bits per heavy atom. The molecule has 4 nitrogen and oxygen atoms in total. The zero-order valence-corrected chi connectivity index (χ0v) is 12.3. The summed E-state index contributed by atoms with van der Waals surface area (Å²) in [5, 5.41) is 0. The minimum Gasteiger partial charge on any atom is -0.489 e. The molecule has 1 aromatic carbocycles. The number of benzene rings is 1. The smallest absolute Gasteiger partial charge is 0.390 e. The second-order valence-corrected chi connectivity index (χ2v) is 7.11. The molecule has 0 N–H and O–H groups in total. The lowest BCUT2D eigenvalue weighted by molar-refractivity contribution is -0.130. The van der Waals surface area contributed by atoms with Gasteiger partial charge in [-0.25, -0.2) is 12.8 Å². The highest BCUT2D eigenvalue weighted by molar-refractivity contribution is 7.89. The Morgan fingerprint density at radius 3 is 2.68 bits per heavy atom. The van der Waals surface area contributed by atoms with E-state index in [9.17, 15) is 26.0 Å². The second kappa shape index (κ2) is 6.41. The van der Waals surface area contributed by atoms with Crippen molar-refractivity contribution < 1.29 is 30.7 Å². The van der Waals surface area contributed by atoms with Gasteiger partial charge in [-0.3, -0.25) is 0 Å². The van der Waals surface area contributed by atoms with E-state index >= 15 is 0 Å². The molecule has 0 unspecified atom stereocenters. The Hall–Kier alpha value is -1.35. The Bertz CT molecular complexity index is 618. The van der Waals surface area contributed by atoms with Crippen molar-refractivity contribution in [3.8, 4) is 5.75 Å². The van der Waals surface area contributed by atoms with Gasteiger partial charge in [-0.1, -0.05) is 6.07 Å². The first kappa shape index (κ1) is 17.0. The van der Waals surface area contributed by atoms with Crippen LogP contribution in [0, 0.1) is 5.82 Å². The molecule has 124 valence electrons. The van der Waals surface area contributed by atoms with Crippen LogP contribution in [0.2, 0.25) is 0 Å². The van der Waals surface area contributed by atoms with Crippen molar-refractivity contribution >= 4 is 10.0 Å². The average molecular weight is 341 g/mol. The molecule has 0 radical (unpaired) electrons. The summed E-state index contributed by atoms with van der Waals surface area (Å²) in [4.78, 5) is 0. The maximum atomic E-state index is 13.0. The molecule has 1 heterocycles. The van der Waals surface area contributed by atoms with E-state index in [1.165, 1.54) is 24.3 Å². The monoisotopic (exact) mass is 341 g/mol. The largest absolute Gasteiger partial charge is 0.489 e. The Labute approximate surface area is 125 Å². The summed E-state index contributed by atoms with van der Waals surface area (Å²) in [6.07, 6.45) is -6.03. The van der Waals surface area contributed by atoms with E-state index < -0.39 is 40.3 Å². The summed E-state index contributed by atoms with van der Waals surface area (Å²) >= 11 is 0. The number of ether oxygens (including phenoxy) is 1. The van der Waals surface area contributed by atoms with Crippen LogP contribution < -0.4 is 4.74 Å². The summed E-state index contributed by atoms with van der Waals surface area (Å²) < 4.78 is 79.6. The summed E-state index contributed by atoms with van der Waals surface area (Å²) in [6, 6.07) is 5.40. The molecule has 1 aliphatic rings. The molecule has 1 atom stereocenters. The number of nitrogens with zero attached hydrogens (tertiary/aromatic N) is 1. The van der Waals surface area contributed by atoms with Gasteiger partial charge in [0.25, 0.3) is 0 Å². The van der Waals surface area contributed by atoms with Gasteiger partial charge in [-0.2, -0.15) is 17.5 Å². The second-order valence-electron chi connectivity index (χ2n) is 5.03. The summed E-state index contributed by atoms with van der Waals surface area (Å²) in [7, 11) is -3.97. The summed E-state index contributed by atoms with van der Waals surface area (Å²) in [6.45, 7) is 0.0663. The molecule has 1 saturated heterocycles. The third-order valence-corrected chi connectivity index (χ3v) is 5.08. The van der Waals surface area contributed by atoms with Gasteiger partial charge in [-0.05, 0) is 18.6 Å². The molecule has 0 amide bonds. The summed E-state index contributed by atoms with van der Waals surface area (Å²) in [5.74, 6) is -1.19. The number of rotatable bonds is 5. The van der Waals surface area contributed by atoms with Gasteiger partial charge in [0, 0.05) is 12.6 Å². The van der Waals surface area contributed by atoms with Crippen LogP contribution >= 0.6 is 0 Å². The number of hydrogen-bond acceptors (Lipinski definition) is 3. The topological polar surface area (TPSA) is 46.6 Å². The van der Waals surface area contributed by atoms with Crippen LogP contribution in [0.25, 0.3) is 0 Å². The molecule has 1 fully saturated rings. The van der Waals surface area contributed by atoms with Crippen LogP contribution in [-0.2, 0) is 10.0 Å². The molecule has 22 heavy (non-hydrogen) atoms. The Balaban J connectivity index is 1.92.